The number of ether oxygens (including phenoxy) is 2. The summed E-state index contributed by atoms with van der Waals surface area (Å²) in [5.74, 6) is -0.0646. The summed E-state index contributed by atoms with van der Waals surface area (Å²) in [6.07, 6.45) is 23.9. The van der Waals surface area contributed by atoms with Gasteiger partial charge in [-0.3, -0.25) is 4.79 Å². The Bertz CT molecular complexity index is 372. The van der Waals surface area contributed by atoms with Crippen molar-refractivity contribution in [2.45, 2.75) is 110 Å². The molecule has 0 N–H and O–H groups in total. The Labute approximate surface area is 168 Å². The molecule has 0 aliphatic rings. The van der Waals surface area contributed by atoms with Crippen LogP contribution in [-0.2, 0) is 14.3 Å². The molecule has 0 atom stereocenters. The van der Waals surface area contributed by atoms with Crippen LogP contribution in [0, 0.1) is 0 Å². The second kappa shape index (κ2) is 21.2. The van der Waals surface area contributed by atoms with E-state index < -0.39 is 0 Å². The maximum Gasteiger partial charge on any atom is 0.305 e. The molecule has 0 rings (SSSR count). The number of carbonyl (C=O) groups excluding carboxylic acids is 1. The van der Waals surface area contributed by atoms with Gasteiger partial charge in [0.2, 0.25) is 0 Å². The first-order chi connectivity index (χ1) is 13.2. The van der Waals surface area contributed by atoms with Crippen molar-refractivity contribution in [2.24, 2.45) is 0 Å². The van der Waals surface area contributed by atoms with Gasteiger partial charge in [0, 0.05) is 12.8 Å². The van der Waals surface area contributed by atoms with E-state index in [1.807, 2.05) is 13.8 Å². The van der Waals surface area contributed by atoms with Gasteiger partial charge in [-0.05, 0) is 52.4 Å². The maximum atomic E-state index is 11.6. The standard InChI is InChI=1S/C24H44O3/c1-4-5-6-7-8-9-10-11-12-13-14-15-16-17-18-20-24(25)27-22-19-21-26-23(2)3/h8-9,11-12,23H,4-7,10,13-22H2,1-3H3/b9-8-,12-11-. The third-order valence-electron chi connectivity index (χ3n) is 4.33. The highest BCUT2D eigenvalue weighted by Gasteiger charge is 2.02. The van der Waals surface area contributed by atoms with E-state index in [9.17, 15) is 4.79 Å². The molecule has 0 aromatic rings. The molecule has 3 nitrogen and oxygen atoms in total. The Morgan fingerprint density at radius 2 is 1.41 bits per heavy atom. The van der Waals surface area contributed by atoms with Gasteiger partial charge in [0.1, 0.15) is 0 Å². The van der Waals surface area contributed by atoms with Crippen LogP contribution >= 0.6 is 0 Å². The van der Waals surface area contributed by atoms with Gasteiger partial charge in [-0.15, -0.1) is 0 Å². The minimum Gasteiger partial charge on any atom is -0.466 e. The van der Waals surface area contributed by atoms with Crippen LogP contribution in [0.4, 0.5) is 0 Å². The molecule has 0 saturated heterocycles. The Kier molecular flexibility index (Phi) is 20.4. The van der Waals surface area contributed by atoms with Crippen molar-refractivity contribution in [1.82, 2.24) is 0 Å². The molecule has 0 aliphatic heterocycles. The van der Waals surface area contributed by atoms with Gasteiger partial charge < -0.3 is 9.47 Å². The van der Waals surface area contributed by atoms with E-state index in [0.717, 1.165) is 25.7 Å². The molecule has 0 heterocycles. The summed E-state index contributed by atoms with van der Waals surface area (Å²) in [6.45, 7) is 7.40. The molecule has 0 aromatic carbocycles. The first-order valence-corrected chi connectivity index (χ1v) is 11.2. The van der Waals surface area contributed by atoms with Crippen LogP contribution in [0.15, 0.2) is 24.3 Å². The molecule has 0 radical (unpaired) electrons. The molecule has 0 unspecified atom stereocenters. The molecular formula is C24H44O3. The molecule has 158 valence electrons. The van der Waals surface area contributed by atoms with Crippen molar-refractivity contribution in [3.05, 3.63) is 24.3 Å². The van der Waals surface area contributed by atoms with Crippen LogP contribution < -0.4 is 0 Å². The topological polar surface area (TPSA) is 35.5 Å². The van der Waals surface area contributed by atoms with Crippen molar-refractivity contribution >= 4 is 5.97 Å². The van der Waals surface area contributed by atoms with Gasteiger partial charge in [0.05, 0.1) is 19.3 Å². The lowest BCUT2D eigenvalue weighted by molar-refractivity contribution is -0.144. The average Bonchev–Trinajstić information content (AvgIpc) is 2.64. The van der Waals surface area contributed by atoms with E-state index in [1.54, 1.807) is 0 Å². The summed E-state index contributed by atoms with van der Waals surface area (Å²) in [5.41, 5.74) is 0. The minimum atomic E-state index is -0.0646. The Morgan fingerprint density at radius 3 is 2.07 bits per heavy atom. The summed E-state index contributed by atoms with van der Waals surface area (Å²) in [6, 6.07) is 0. The number of hydrogen-bond donors (Lipinski definition) is 0. The van der Waals surface area contributed by atoms with Crippen LogP contribution in [0.25, 0.3) is 0 Å². The molecule has 0 fully saturated rings. The van der Waals surface area contributed by atoms with Gasteiger partial charge in [-0.25, -0.2) is 0 Å². The van der Waals surface area contributed by atoms with Crippen molar-refractivity contribution in [1.29, 1.82) is 0 Å². The van der Waals surface area contributed by atoms with Gasteiger partial charge in [-0.2, -0.15) is 0 Å². The van der Waals surface area contributed by atoms with E-state index in [0.29, 0.717) is 19.6 Å². The number of rotatable bonds is 19. The van der Waals surface area contributed by atoms with Gasteiger partial charge >= 0.3 is 5.97 Å². The number of hydrogen-bond acceptors (Lipinski definition) is 3. The smallest absolute Gasteiger partial charge is 0.305 e. The first kappa shape index (κ1) is 25.9. The summed E-state index contributed by atoms with van der Waals surface area (Å²) >= 11 is 0. The van der Waals surface area contributed by atoms with Crippen LogP contribution in [-0.4, -0.2) is 25.3 Å². The van der Waals surface area contributed by atoms with Crippen LogP contribution in [0.3, 0.4) is 0 Å². The molecule has 3 heteroatoms. The van der Waals surface area contributed by atoms with E-state index >= 15 is 0 Å². The number of carbonyl (C=O) groups is 1. The number of allylic oxidation sites excluding steroid dienone is 4. The molecule has 0 aromatic heterocycles. The molecule has 27 heavy (non-hydrogen) atoms. The van der Waals surface area contributed by atoms with Gasteiger partial charge in [0.25, 0.3) is 0 Å². The molecule has 0 spiro atoms. The predicted molar refractivity (Wildman–Crippen MR) is 116 cm³/mol. The third kappa shape index (κ3) is 22.9. The lowest BCUT2D eigenvalue weighted by atomic mass is 10.1. The molecule has 0 bridgehead atoms. The molecular weight excluding hydrogens is 336 g/mol. The first-order valence-electron chi connectivity index (χ1n) is 11.2. The maximum absolute atomic E-state index is 11.6. The predicted octanol–water partition coefficient (Wildman–Crippen LogP) is 7.16. The second-order valence-electron chi connectivity index (χ2n) is 7.47. The van der Waals surface area contributed by atoms with Crippen molar-refractivity contribution < 1.29 is 14.3 Å². The molecule has 0 saturated carbocycles. The molecule has 0 aliphatic carbocycles. The zero-order valence-electron chi connectivity index (χ0n) is 18.2. The van der Waals surface area contributed by atoms with Crippen molar-refractivity contribution in [3.8, 4) is 0 Å². The highest BCUT2D eigenvalue weighted by Crippen LogP contribution is 2.09. The fourth-order valence-corrected chi connectivity index (χ4v) is 2.72. The third-order valence-corrected chi connectivity index (χ3v) is 4.33. The fourth-order valence-electron chi connectivity index (χ4n) is 2.72. The van der Waals surface area contributed by atoms with Crippen LogP contribution in [0.5, 0.6) is 0 Å². The highest BCUT2D eigenvalue weighted by atomic mass is 16.5. The summed E-state index contributed by atoms with van der Waals surface area (Å²) in [5, 5.41) is 0. The van der Waals surface area contributed by atoms with E-state index in [1.165, 1.54) is 51.4 Å². The summed E-state index contributed by atoms with van der Waals surface area (Å²) in [7, 11) is 0. The normalized spacial score (nSPS) is 11.9. The highest BCUT2D eigenvalue weighted by molar-refractivity contribution is 5.69. The minimum absolute atomic E-state index is 0.0646. The number of esters is 1. The summed E-state index contributed by atoms with van der Waals surface area (Å²) in [4.78, 5) is 11.6. The Morgan fingerprint density at radius 1 is 0.778 bits per heavy atom. The second-order valence-corrected chi connectivity index (χ2v) is 7.47. The lowest BCUT2D eigenvalue weighted by Gasteiger charge is -2.08. The summed E-state index contributed by atoms with van der Waals surface area (Å²) < 4.78 is 10.6. The zero-order valence-corrected chi connectivity index (χ0v) is 18.2. The largest absolute Gasteiger partial charge is 0.466 e. The monoisotopic (exact) mass is 380 g/mol. The lowest BCUT2D eigenvalue weighted by Crippen LogP contribution is -2.10. The van der Waals surface area contributed by atoms with E-state index in [2.05, 4.69) is 31.2 Å². The molecule has 0 amide bonds. The van der Waals surface area contributed by atoms with Crippen molar-refractivity contribution in [2.75, 3.05) is 13.2 Å². The Hall–Kier alpha value is -1.09. The van der Waals surface area contributed by atoms with E-state index in [4.69, 9.17) is 9.47 Å². The Balaban J connectivity index is 3.27. The quantitative estimate of drug-likeness (QED) is 0.135. The van der Waals surface area contributed by atoms with Gasteiger partial charge in [0.15, 0.2) is 0 Å². The van der Waals surface area contributed by atoms with Crippen LogP contribution in [0.2, 0.25) is 0 Å². The number of unbranched alkanes of at least 4 members (excludes halogenated alkanes) is 8. The van der Waals surface area contributed by atoms with Crippen molar-refractivity contribution in [3.63, 3.8) is 0 Å². The average molecular weight is 381 g/mol. The van der Waals surface area contributed by atoms with Crippen LogP contribution in [0.1, 0.15) is 104 Å². The van der Waals surface area contributed by atoms with Gasteiger partial charge in [-0.1, -0.05) is 63.3 Å². The fraction of sp³-hybridized carbons (Fsp3) is 0.792. The zero-order chi connectivity index (χ0) is 20.0. The van der Waals surface area contributed by atoms with E-state index in [-0.39, 0.29) is 12.1 Å². The SMILES string of the molecule is CCCCC/C=C\C/C=C\CCCCCCCC(=O)OCCCOC(C)C.